The quantitative estimate of drug-likeness (QED) is 0.759. The van der Waals surface area contributed by atoms with E-state index in [1.807, 2.05) is 24.1 Å². The van der Waals surface area contributed by atoms with Crippen molar-refractivity contribution in [1.82, 2.24) is 9.88 Å². The molecule has 0 spiro atoms. The first-order valence-corrected chi connectivity index (χ1v) is 7.37. The molecule has 1 aromatic heterocycles. The number of hydrogen-bond donors (Lipinski definition) is 0. The highest BCUT2D eigenvalue weighted by atomic mass is 35.5. The molecule has 0 amide bonds. The number of Topliss-reactive ketones (excluding diaryl/α,β-unsaturated/α-hetero) is 1. The molecule has 1 heterocycles. The number of hydrogen-bond acceptors (Lipinski definition) is 3. The number of rotatable bonds is 6. The Morgan fingerprint density at radius 2 is 1.90 bits per heavy atom. The van der Waals surface area contributed by atoms with Gasteiger partial charge in [0.25, 0.3) is 0 Å². The zero-order valence-electron chi connectivity index (χ0n) is 11.7. The van der Waals surface area contributed by atoms with Crippen LogP contribution in [0.1, 0.15) is 15.9 Å². The fourth-order valence-electron chi connectivity index (χ4n) is 1.99. The minimum absolute atomic E-state index is 0.00565. The van der Waals surface area contributed by atoms with Gasteiger partial charge in [-0.15, -0.1) is 0 Å². The van der Waals surface area contributed by atoms with Gasteiger partial charge in [-0.05, 0) is 49.4 Å². The minimum atomic E-state index is -0.00565. The molecule has 0 atom stereocenters. The van der Waals surface area contributed by atoms with Gasteiger partial charge in [-0.1, -0.05) is 23.2 Å². The van der Waals surface area contributed by atoms with Crippen molar-refractivity contribution in [3.05, 3.63) is 63.9 Å². The maximum Gasteiger partial charge on any atom is 0.178 e. The van der Waals surface area contributed by atoms with E-state index in [4.69, 9.17) is 23.2 Å². The van der Waals surface area contributed by atoms with Gasteiger partial charge >= 0.3 is 0 Å². The van der Waals surface area contributed by atoms with E-state index < -0.39 is 0 Å². The number of carbonyl (C=O) groups excluding carboxylic acids is 1. The Balaban J connectivity index is 1.90. The minimum Gasteiger partial charge on any atom is -0.299 e. The second-order valence-electron chi connectivity index (χ2n) is 4.89. The number of aromatic nitrogens is 1. The summed E-state index contributed by atoms with van der Waals surface area (Å²) in [5.74, 6) is -0.00565. The van der Waals surface area contributed by atoms with Crippen molar-refractivity contribution in [2.24, 2.45) is 0 Å². The maximum atomic E-state index is 12.2. The highest BCUT2D eigenvalue weighted by molar-refractivity contribution is 6.36. The van der Waals surface area contributed by atoms with E-state index >= 15 is 0 Å². The highest BCUT2D eigenvalue weighted by Gasteiger charge is 2.13. The van der Waals surface area contributed by atoms with Gasteiger partial charge in [0.15, 0.2) is 5.78 Å². The summed E-state index contributed by atoms with van der Waals surface area (Å²) in [6.45, 7) is 1.12. The first-order valence-electron chi connectivity index (χ1n) is 6.62. The molecular formula is C16H16Cl2N2O. The second-order valence-corrected chi connectivity index (χ2v) is 5.73. The molecule has 0 unspecified atom stereocenters. The zero-order chi connectivity index (χ0) is 15.2. The number of benzene rings is 1. The number of likely N-dealkylation sites (N-methyl/N-ethyl adjacent to an activating group) is 1. The molecular weight excluding hydrogens is 307 g/mol. The summed E-state index contributed by atoms with van der Waals surface area (Å²) in [4.78, 5) is 18.2. The van der Waals surface area contributed by atoms with Crippen LogP contribution in [-0.4, -0.2) is 35.8 Å². The van der Waals surface area contributed by atoms with Gasteiger partial charge < -0.3 is 0 Å². The Labute approximate surface area is 134 Å². The first-order chi connectivity index (χ1) is 10.1. The third-order valence-corrected chi connectivity index (χ3v) is 3.72. The van der Waals surface area contributed by atoms with Gasteiger partial charge in [-0.3, -0.25) is 14.7 Å². The number of ketones is 1. The van der Waals surface area contributed by atoms with Gasteiger partial charge in [-0.25, -0.2) is 0 Å². The lowest BCUT2D eigenvalue weighted by molar-refractivity contribution is 0.0947. The van der Waals surface area contributed by atoms with Crippen molar-refractivity contribution in [2.45, 2.75) is 6.42 Å². The molecule has 0 fully saturated rings. The van der Waals surface area contributed by atoms with Crippen LogP contribution in [0, 0.1) is 0 Å². The summed E-state index contributed by atoms with van der Waals surface area (Å²) in [6.07, 6.45) is 4.42. The molecule has 110 valence electrons. The average Bonchev–Trinajstić information content (AvgIpc) is 2.46. The Bertz CT molecular complexity index is 617. The number of nitrogens with zero attached hydrogens (tertiary/aromatic N) is 2. The summed E-state index contributed by atoms with van der Waals surface area (Å²) < 4.78 is 0. The third kappa shape index (κ3) is 4.81. The Morgan fingerprint density at radius 1 is 1.19 bits per heavy atom. The van der Waals surface area contributed by atoms with E-state index in [-0.39, 0.29) is 5.78 Å². The molecule has 0 aliphatic carbocycles. The molecule has 21 heavy (non-hydrogen) atoms. The monoisotopic (exact) mass is 322 g/mol. The molecule has 0 saturated heterocycles. The van der Waals surface area contributed by atoms with E-state index in [1.165, 1.54) is 5.56 Å². The topological polar surface area (TPSA) is 33.2 Å². The van der Waals surface area contributed by atoms with Crippen LogP contribution in [0.25, 0.3) is 0 Å². The fourth-order valence-corrected chi connectivity index (χ4v) is 2.51. The van der Waals surface area contributed by atoms with Crippen LogP contribution in [0.15, 0.2) is 42.7 Å². The summed E-state index contributed by atoms with van der Waals surface area (Å²) >= 11 is 11.9. The smallest absolute Gasteiger partial charge is 0.178 e. The van der Waals surface area contributed by atoms with Gasteiger partial charge in [-0.2, -0.15) is 0 Å². The van der Waals surface area contributed by atoms with Crippen molar-refractivity contribution in [1.29, 1.82) is 0 Å². The zero-order valence-corrected chi connectivity index (χ0v) is 13.2. The van der Waals surface area contributed by atoms with Crippen molar-refractivity contribution in [2.75, 3.05) is 20.1 Å². The second kappa shape index (κ2) is 7.55. The predicted octanol–water partition coefficient (Wildman–Crippen LogP) is 3.75. The van der Waals surface area contributed by atoms with E-state index in [0.29, 0.717) is 22.2 Å². The highest BCUT2D eigenvalue weighted by Crippen LogP contribution is 2.21. The van der Waals surface area contributed by atoms with Crippen LogP contribution in [0.3, 0.4) is 0 Å². The number of carbonyl (C=O) groups is 1. The van der Waals surface area contributed by atoms with Crippen molar-refractivity contribution < 1.29 is 4.79 Å². The SMILES string of the molecule is CN(CCc1ccncc1)CC(=O)c1ccc(Cl)cc1Cl. The molecule has 0 saturated carbocycles. The summed E-state index contributed by atoms with van der Waals surface area (Å²) in [5.41, 5.74) is 1.71. The Kier molecular flexibility index (Phi) is 5.74. The largest absolute Gasteiger partial charge is 0.299 e. The van der Waals surface area contributed by atoms with Crippen LogP contribution < -0.4 is 0 Å². The van der Waals surface area contributed by atoms with Crippen molar-refractivity contribution in [3.63, 3.8) is 0 Å². The third-order valence-electron chi connectivity index (χ3n) is 3.18. The summed E-state index contributed by atoms with van der Waals surface area (Å²) in [5, 5.41) is 0.928. The van der Waals surface area contributed by atoms with Crippen molar-refractivity contribution >= 4 is 29.0 Å². The van der Waals surface area contributed by atoms with E-state index in [2.05, 4.69) is 4.98 Å². The molecule has 3 nitrogen and oxygen atoms in total. The fraction of sp³-hybridized carbons (Fsp3) is 0.250. The van der Waals surface area contributed by atoms with E-state index in [0.717, 1.165) is 13.0 Å². The molecule has 2 aromatic rings. The Morgan fingerprint density at radius 3 is 2.57 bits per heavy atom. The van der Waals surface area contributed by atoms with Crippen LogP contribution in [0.2, 0.25) is 10.0 Å². The van der Waals surface area contributed by atoms with Crippen LogP contribution in [0.5, 0.6) is 0 Å². The molecule has 0 aliphatic heterocycles. The van der Waals surface area contributed by atoms with Crippen LogP contribution in [-0.2, 0) is 6.42 Å². The summed E-state index contributed by atoms with van der Waals surface area (Å²) in [7, 11) is 1.92. The predicted molar refractivity (Wildman–Crippen MR) is 86.2 cm³/mol. The molecule has 0 N–H and O–H groups in total. The van der Waals surface area contributed by atoms with Gasteiger partial charge in [0.05, 0.1) is 11.6 Å². The normalized spacial score (nSPS) is 10.9. The van der Waals surface area contributed by atoms with Crippen molar-refractivity contribution in [3.8, 4) is 0 Å². The van der Waals surface area contributed by atoms with Crippen LogP contribution in [0.4, 0.5) is 0 Å². The lowest BCUT2D eigenvalue weighted by atomic mass is 10.1. The van der Waals surface area contributed by atoms with Gasteiger partial charge in [0.2, 0.25) is 0 Å². The van der Waals surface area contributed by atoms with E-state index in [9.17, 15) is 4.79 Å². The Hall–Kier alpha value is -1.42. The first kappa shape index (κ1) is 16.0. The van der Waals surface area contributed by atoms with E-state index in [1.54, 1.807) is 30.6 Å². The molecule has 2 rings (SSSR count). The van der Waals surface area contributed by atoms with Crippen LogP contribution >= 0.6 is 23.2 Å². The standard InChI is InChI=1S/C16H16Cl2N2O/c1-20(9-6-12-4-7-19-8-5-12)11-16(21)14-3-2-13(17)10-15(14)18/h2-5,7-8,10H,6,9,11H2,1H3. The molecule has 0 aliphatic rings. The average molecular weight is 323 g/mol. The molecule has 1 aromatic carbocycles. The molecule has 0 radical (unpaired) electrons. The number of pyridine rings is 1. The lowest BCUT2D eigenvalue weighted by Crippen LogP contribution is -2.28. The van der Waals surface area contributed by atoms with Gasteiger partial charge in [0.1, 0.15) is 0 Å². The molecule has 5 heteroatoms. The lowest BCUT2D eigenvalue weighted by Gasteiger charge is -2.16. The number of halogens is 2. The summed E-state index contributed by atoms with van der Waals surface area (Å²) in [6, 6.07) is 8.89. The maximum absolute atomic E-state index is 12.2. The molecule has 0 bridgehead atoms. The van der Waals surface area contributed by atoms with Gasteiger partial charge in [0, 0.05) is 29.5 Å².